The second kappa shape index (κ2) is 7.99. The first kappa shape index (κ1) is 18.0. The van der Waals surface area contributed by atoms with Crippen LogP contribution in [0.1, 0.15) is 25.7 Å². The zero-order valence-electron chi connectivity index (χ0n) is 12.8. The molecule has 0 bridgehead atoms. The highest BCUT2D eigenvalue weighted by atomic mass is 35.5. The topological polar surface area (TPSA) is 61.4 Å². The van der Waals surface area contributed by atoms with E-state index in [0.29, 0.717) is 23.7 Å². The van der Waals surface area contributed by atoms with Crippen LogP contribution < -0.4 is 15.5 Å². The largest absolute Gasteiger partial charge is 0.343 e. The number of hydrogen-bond acceptors (Lipinski definition) is 3. The van der Waals surface area contributed by atoms with Crippen molar-refractivity contribution in [3.8, 4) is 0 Å². The maximum absolute atomic E-state index is 12.5. The molecule has 2 fully saturated rings. The number of para-hydroxylation sites is 1. The summed E-state index contributed by atoms with van der Waals surface area (Å²) in [6, 6.07) is 6.66. The average Bonchev–Trinajstić information content (AvgIpc) is 2.90. The van der Waals surface area contributed by atoms with Crippen LogP contribution in [0.15, 0.2) is 24.3 Å². The van der Waals surface area contributed by atoms with E-state index in [-0.39, 0.29) is 30.3 Å². The Bertz CT molecular complexity index is 576. The maximum atomic E-state index is 12.5. The normalized spacial score (nSPS) is 24.2. The van der Waals surface area contributed by atoms with Crippen LogP contribution in [0.25, 0.3) is 0 Å². The molecule has 0 radical (unpaired) electrons. The highest BCUT2D eigenvalue weighted by Gasteiger charge is 2.35. The summed E-state index contributed by atoms with van der Waals surface area (Å²) in [5.41, 5.74) is 0.710. The molecule has 3 rings (SSSR count). The van der Waals surface area contributed by atoms with Gasteiger partial charge in [0.15, 0.2) is 0 Å². The van der Waals surface area contributed by atoms with Gasteiger partial charge in [0, 0.05) is 6.54 Å². The van der Waals surface area contributed by atoms with E-state index in [4.69, 9.17) is 11.6 Å². The van der Waals surface area contributed by atoms with Crippen molar-refractivity contribution in [3.05, 3.63) is 29.3 Å². The maximum Gasteiger partial charge on any atom is 0.249 e. The van der Waals surface area contributed by atoms with Crippen molar-refractivity contribution in [1.82, 2.24) is 10.6 Å². The summed E-state index contributed by atoms with van der Waals surface area (Å²) >= 11 is 6.15. The SMILES string of the molecule is Cl.O=C(NC1CCN(c2ccccc2Cl)C1=O)C1CCCCN1. The van der Waals surface area contributed by atoms with Gasteiger partial charge in [-0.3, -0.25) is 9.59 Å². The lowest BCUT2D eigenvalue weighted by Gasteiger charge is -2.24. The van der Waals surface area contributed by atoms with E-state index in [2.05, 4.69) is 10.6 Å². The highest BCUT2D eigenvalue weighted by Crippen LogP contribution is 2.29. The van der Waals surface area contributed by atoms with Gasteiger partial charge in [0.05, 0.1) is 16.8 Å². The van der Waals surface area contributed by atoms with Crippen molar-refractivity contribution in [3.63, 3.8) is 0 Å². The van der Waals surface area contributed by atoms with Crippen molar-refractivity contribution in [1.29, 1.82) is 0 Å². The molecule has 2 unspecified atom stereocenters. The van der Waals surface area contributed by atoms with Crippen molar-refractivity contribution in [2.75, 3.05) is 18.0 Å². The van der Waals surface area contributed by atoms with E-state index >= 15 is 0 Å². The minimum Gasteiger partial charge on any atom is -0.343 e. The van der Waals surface area contributed by atoms with Gasteiger partial charge in [0.25, 0.3) is 0 Å². The summed E-state index contributed by atoms with van der Waals surface area (Å²) in [6.07, 6.45) is 3.60. The Kier molecular flexibility index (Phi) is 6.27. The van der Waals surface area contributed by atoms with Crippen LogP contribution >= 0.6 is 24.0 Å². The number of nitrogens with one attached hydrogen (secondary N) is 2. The molecule has 1 aromatic carbocycles. The number of carbonyl (C=O) groups is 2. The van der Waals surface area contributed by atoms with Crippen molar-refractivity contribution in [2.45, 2.75) is 37.8 Å². The molecule has 0 saturated carbocycles. The number of carbonyl (C=O) groups excluding carboxylic acids is 2. The second-order valence-corrected chi connectivity index (χ2v) is 6.20. The Morgan fingerprint density at radius 1 is 1.26 bits per heavy atom. The summed E-state index contributed by atoms with van der Waals surface area (Å²) in [5.74, 6) is -0.156. The van der Waals surface area contributed by atoms with Crippen LogP contribution in [0.3, 0.4) is 0 Å². The summed E-state index contributed by atoms with van der Waals surface area (Å²) in [6.45, 7) is 1.44. The number of anilines is 1. The Balaban J connectivity index is 0.00000192. The lowest BCUT2D eigenvalue weighted by molar-refractivity contribution is -0.128. The molecular weight excluding hydrogens is 337 g/mol. The van der Waals surface area contributed by atoms with Crippen LogP contribution in [-0.4, -0.2) is 37.0 Å². The second-order valence-electron chi connectivity index (χ2n) is 5.79. The van der Waals surface area contributed by atoms with E-state index in [9.17, 15) is 9.59 Å². The van der Waals surface area contributed by atoms with Gasteiger partial charge in [-0.2, -0.15) is 0 Å². The minimum atomic E-state index is -0.451. The molecule has 0 aliphatic carbocycles. The Hall–Kier alpha value is -1.30. The number of amides is 2. The lowest BCUT2D eigenvalue weighted by atomic mass is 10.0. The van der Waals surface area contributed by atoms with Gasteiger partial charge < -0.3 is 15.5 Å². The standard InChI is InChI=1S/C16H20ClN3O2.ClH/c17-11-5-1-2-7-14(11)20-10-8-13(16(20)22)19-15(21)12-6-3-4-9-18-12;/h1-2,5,7,12-13,18H,3-4,6,8-10H2,(H,19,21);1H. The van der Waals surface area contributed by atoms with Gasteiger partial charge >= 0.3 is 0 Å². The average molecular weight is 358 g/mol. The Labute approximate surface area is 147 Å². The summed E-state index contributed by atoms with van der Waals surface area (Å²) in [4.78, 5) is 26.4. The molecule has 0 aromatic heterocycles. The Morgan fingerprint density at radius 2 is 2.04 bits per heavy atom. The van der Waals surface area contributed by atoms with E-state index in [0.717, 1.165) is 25.8 Å². The first-order chi connectivity index (χ1) is 10.7. The molecule has 2 amide bonds. The number of rotatable bonds is 3. The molecule has 2 N–H and O–H groups in total. The molecule has 7 heteroatoms. The monoisotopic (exact) mass is 357 g/mol. The van der Waals surface area contributed by atoms with Crippen molar-refractivity contribution < 1.29 is 9.59 Å². The van der Waals surface area contributed by atoms with Gasteiger partial charge in [-0.1, -0.05) is 30.2 Å². The van der Waals surface area contributed by atoms with Gasteiger partial charge in [-0.15, -0.1) is 12.4 Å². The fourth-order valence-electron chi connectivity index (χ4n) is 3.07. The smallest absolute Gasteiger partial charge is 0.249 e. The lowest BCUT2D eigenvalue weighted by Crippen LogP contribution is -2.51. The molecule has 1 aromatic rings. The van der Waals surface area contributed by atoms with Crippen LogP contribution in [0, 0.1) is 0 Å². The molecular formula is C16H21Cl2N3O2. The van der Waals surface area contributed by atoms with Gasteiger partial charge in [-0.05, 0) is 37.9 Å². The molecule has 2 aliphatic heterocycles. The van der Waals surface area contributed by atoms with E-state index in [1.165, 1.54) is 0 Å². The summed E-state index contributed by atoms with van der Waals surface area (Å²) in [5, 5.41) is 6.64. The fraction of sp³-hybridized carbons (Fsp3) is 0.500. The van der Waals surface area contributed by atoms with E-state index < -0.39 is 6.04 Å². The van der Waals surface area contributed by atoms with E-state index in [1.807, 2.05) is 18.2 Å². The van der Waals surface area contributed by atoms with Crippen LogP contribution in [0.4, 0.5) is 5.69 Å². The summed E-state index contributed by atoms with van der Waals surface area (Å²) < 4.78 is 0. The molecule has 2 aliphatic rings. The van der Waals surface area contributed by atoms with Crippen LogP contribution in [-0.2, 0) is 9.59 Å². The minimum absolute atomic E-state index is 0. The van der Waals surface area contributed by atoms with Gasteiger partial charge in [0.2, 0.25) is 11.8 Å². The zero-order chi connectivity index (χ0) is 15.5. The molecule has 126 valence electrons. The third-order valence-electron chi connectivity index (χ3n) is 4.29. The molecule has 2 saturated heterocycles. The third-order valence-corrected chi connectivity index (χ3v) is 4.61. The predicted molar refractivity (Wildman–Crippen MR) is 93.2 cm³/mol. The highest BCUT2D eigenvalue weighted by molar-refractivity contribution is 6.34. The number of benzene rings is 1. The van der Waals surface area contributed by atoms with Crippen LogP contribution in [0.5, 0.6) is 0 Å². The number of nitrogens with zero attached hydrogens (tertiary/aromatic N) is 1. The first-order valence-electron chi connectivity index (χ1n) is 7.76. The molecule has 2 heterocycles. The van der Waals surface area contributed by atoms with E-state index in [1.54, 1.807) is 11.0 Å². The van der Waals surface area contributed by atoms with Gasteiger partial charge in [-0.25, -0.2) is 0 Å². The molecule has 2 atom stereocenters. The van der Waals surface area contributed by atoms with Crippen LogP contribution in [0.2, 0.25) is 5.02 Å². The third kappa shape index (κ3) is 3.97. The van der Waals surface area contributed by atoms with Gasteiger partial charge in [0.1, 0.15) is 6.04 Å². The molecule has 5 nitrogen and oxygen atoms in total. The quantitative estimate of drug-likeness (QED) is 0.870. The van der Waals surface area contributed by atoms with Crippen molar-refractivity contribution >= 4 is 41.5 Å². The van der Waals surface area contributed by atoms with Crippen molar-refractivity contribution in [2.24, 2.45) is 0 Å². The predicted octanol–water partition coefficient (Wildman–Crippen LogP) is 2.13. The molecule has 23 heavy (non-hydrogen) atoms. The fourth-order valence-corrected chi connectivity index (χ4v) is 3.31. The number of piperidine rings is 1. The molecule has 0 spiro atoms. The Morgan fingerprint density at radius 3 is 2.74 bits per heavy atom. The summed E-state index contributed by atoms with van der Waals surface area (Å²) in [7, 11) is 0. The number of hydrogen-bond donors (Lipinski definition) is 2. The number of halogens is 2. The zero-order valence-corrected chi connectivity index (χ0v) is 14.3. The first-order valence-corrected chi connectivity index (χ1v) is 8.14.